The highest BCUT2D eigenvalue weighted by atomic mass is 16.8. The summed E-state index contributed by atoms with van der Waals surface area (Å²) in [5.41, 5.74) is 1.58. The van der Waals surface area contributed by atoms with Gasteiger partial charge in [-0.1, -0.05) is 74.5 Å². The summed E-state index contributed by atoms with van der Waals surface area (Å²) in [5.74, 6) is 0.333. The van der Waals surface area contributed by atoms with E-state index in [9.17, 15) is 0 Å². The molecule has 0 saturated carbocycles. The molecule has 2 saturated heterocycles. The zero-order valence-electron chi connectivity index (χ0n) is 14.1. The molecule has 0 radical (unpaired) electrons. The van der Waals surface area contributed by atoms with Crippen molar-refractivity contribution in [2.45, 2.75) is 25.5 Å². The van der Waals surface area contributed by atoms with Crippen LogP contribution in [-0.4, -0.2) is 26.1 Å². The van der Waals surface area contributed by atoms with Gasteiger partial charge in [-0.3, -0.25) is 0 Å². The molecule has 0 aromatic heterocycles. The van der Waals surface area contributed by atoms with E-state index in [1.54, 1.807) is 0 Å². The molecule has 0 unspecified atom stereocenters. The zero-order chi connectivity index (χ0) is 16.6. The summed E-state index contributed by atoms with van der Waals surface area (Å²) < 4.78 is 18.4. The quantitative estimate of drug-likeness (QED) is 0.881. The van der Waals surface area contributed by atoms with Crippen molar-refractivity contribution in [1.82, 2.24) is 5.23 Å². The molecule has 2 aromatic rings. The second kappa shape index (κ2) is 6.01. The van der Waals surface area contributed by atoms with E-state index < -0.39 is 12.5 Å². The Balaban J connectivity index is 1.91. The van der Waals surface area contributed by atoms with Crippen molar-refractivity contribution in [1.29, 1.82) is 0 Å². The van der Waals surface area contributed by atoms with Crippen molar-refractivity contribution in [3.8, 4) is 0 Å². The smallest absolute Gasteiger partial charge is 0.462 e. The molecule has 1 spiro atoms. The van der Waals surface area contributed by atoms with Gasteiger partial charge in [0.05, 0.1) is 5.60 Å². The van der Waals surface area contributed by atoms with Crippen molar-refractivity contribution in [2.75, 3.05) is 13.2 Å². The maximum absolute atomic E-state index is 6.65. The van der Waals surface area contributed by atoms with E-state index in [4.69, 9.17) is 14.0 Å². The third-order valence-electron chi connectivity index (χ3n) is 4.99. The fourth-order valence-corrected chi connectivity index (χ4v) is 4.00. The SMILES string of the molecule is CC(C)[C@H]1N[B-]2(OCCO2)OC1(c1ccccc1)c1ccccc1. The second-order valence-electron chi connectivity index (χ2n) is 6.86. The van der Waals surface area contributed by atoms with Crippen LogP contribution in [0.5, 0.6) is 0 Å². The largest absolute Gasteiger partial charge is 0.528 e. The highest BCUT2D eigenvalue weighted by molar-refractivity contribution is 6.59. The van der Waals surface area contributed by atoms with Gasteiger partial charge in [0.25, 0.3) is 0 Å². The Bertz CT molecular complexity index is 647. The van der Waals surface area contributed by atoms with Gasteiger partial charge in [-0.25, -0.2) is 0 Å². The van der Waals surface area contributed by atoms with E-state index in [0.717, 1.165) is 11.1 Å². The predicted molar refractivity (Wildman–Crippen MR) is 94.2 cm³/mol. The number of rotatable bonds is 3. The van der Waals surface area contributed by atoms with E-state index in [1.165, 1.54) is 0 Å². The van der Waals surface area contributed by atoms with Crippen LogP contribution < -0.4 is 5.23 Å². The van der Waals surface area contributed by atoms with Crippen molar-refractivity contribution in [3.63, 3.8) is 0 Å². The monoisotopic (exact) mass is 324 g/mol. The molecule has 0 aliphatic carbocycles. The van der Waals surface area contributed by atoms with Crippen LogP contribution in [0.25, 0.3) is 0 Å². The fourth-order valence-electron chi connectivity index (χ4n) is 4.00. The highest BCUT2D eigenvalue weighted by Crippen LogP contribution is 2.47. The lowest BCUT2D eigenvalue weighted by Crippen LogP contribution is -2.52. The van der Waals surface area contributed by atoms with E-state index >= 15 is 0 Å². The maximum atomic E-state index is 6.65. The molecule has 2 aliphatic heterocycles. The van der Waals surface area contributed by atoms with Gasteiger partial charge in [0, 0.05) is 19.3 Å². The molecule has 126 valence electrons. The average molecular weight is 324 g/mol. The van der Waals surface area contributed by atoms with Gasteiger partial charge < -0.3 is 19.2 Å². The first kappa shape index (κ1) is 15.8. The molecule has 5 heteroatoms. The summed E-state index contributed by atoms with van der Waals surface area (Å²) in [5, 5.41) is 3.55. The van der Waals surface area contributed by atoms with E-state index in [2.05, 4.69) is 67.6 Å². The summed E-state index contributed by atoms with van der Waals surface area (Å²) in [4.78, 5) is 0. The van der Waals surface area contributed by atoms with E-state index in [1.807, 2.05) is 12.1 Å². The standard InChI is InChI=1S/C19H23BNO3/c1-15(2)18-19(16-9-5-3-6-10-16,17-11-7-4-8-12-17)24-20(21-18)22-13-14-23-20/h3-12,15,18,21H,13-14H2,1-2H3/q-1/t18-/m1/s1. The van der Waals surface area contributed by atoms with Gasteiger partial charge in [-0.05, 0) is 17.0 Å². The molecule has 24 heavy (non-hydrogen) atoms. The topological polar surface area (TPSA) is 39.7 Å². The summed E-state index contributed by atoms with van der Waals surface area (Å²) in [7, 11) is 0. The van der Waals surface area contributed by atoms with Crippen molar-refractivity contribution >= 4 is 6.89 Å². The second-order valence-corrected chi connectivity index (χ2v) is 6.86. The van der Waals surface area contributed by atoms with Crippen LogP contribution in [-0.2, 0) is 19.6 Å². The lowest BCUT2D eigenvalue weighted by molar-refractivity contribution is 0.0443. The number of hydrogen-bond acceptors (Lipinski definition) is 4. The van der Waals surface area contributed by atoms with Gasteiger partial charge >= 0.3 is 6.89 Å². The molecular formula is C19H23BNO3-. The van der Waals surface area contributed by atoms with Crippen LogP contribution in [0, 0.1) is 5.92 Å². The molecule has 4 rings (SSSR count). The molecule has 2 aliphatic rings. The molecule has 2 heterocycles. The molecule has 2 aromatic carbocycles. The average Bonchev–Trinajstić information content (AvgIpc) is 3.22. The number of nitrogens with one attached hydrogen (secondary N) is 1. The lowest BCUT2D eigenvalue weighted by Gasteiger charge is -2.41. The highest BCUT2D eigenvalue weighted by Gasteiger charge is 2.56. The Labute approximate surface area is 143 Å². The Morgan fingerprint density at radius 3 is 1.88 bits per heavy atom. The number of hydrogen-bond donors (Lipinski definition) is 1. The zero-order valence-corrected chi connectivity index (χ0v) is 14.1. The first-order valence-electron chi connectivity index (χ1n) is 8.66. The van der Waals surface area contributed by atoms with Crippen LogP contribution in [0.3, 0.4) is 0 Å². The Hall–Kier alpha value is -1.66. The molecule has 2 fully saturated rings. The van der Waals surface area contributed by atoms with Gasteiger partial charge in [0.2, 0.25) is 0 Å². The molecular weight excluding hydrogens is 301 g/mol. The van der Waals surface area contributed by atoms with Crippen LogP contribution in [0.15, 0.2) is 60.7 Å². The summed E-state index contributed by atoms with van der Waals surface area (Å²) in [6.07, 6.45) is 0. The Kier molecular flexibility index (Phi) is 3.97. The number of benzene rings is 2. The van der Waals surface area contributed by atoms with Crippen LogP contribution in [0.4, 0.5) is 0 Å². The molecule has 4 nitrogen and oxygen atoms in total. The van der Waals surface area contributed by atoms with Gasteiger partial charge in [0.1, 0.15) is 0 Å². The summed E-state index contributed by atoms with van der Waals surface area (Å²) in [6.45, 7) is 3.58. The fraction of sp³-hybridized carbons (Fsp3) is 0.368. The Morgan fingerprint density at radius 2 is 1.42 bits per heavy atom. The molecule has 0 bridgehead atoms. The minimum atomic E-state index is -1.92. The van der Waals surface area contributed by atoms with Gasteiger partial charge in [-0.2, -0.15) is 0 Å². The van der Waals surface area contributed by atoms with Crippen molar-refractivity contribution in [3.05, 3.63) is 71.8 Å². The molecule has 1 atom stereocenters. The summed E-state index contributed by atoms with van der Waals surface area (Å²) >= 11 is 0. The van der Waals surface area contributed by atoms with Crippen molar-refractivity contribution in [2.24, 2.45) is 5.92 Å². The van der Waals surface area contributed by atoms with Crippen LogP contribution in [0.1, 0.15) is 25.0 Å². The third kappa shape index (κ3) is 2.40. The predicted octanol–water partition coefficient (Wildman–Crippen LogP) is 3.06. The van der Waals surface area contributed by atoms with Crippen LogP contribution in [0.2, 0.25) is 0 Å². The minimum absolute atomic E-state index is 0.0420. The lowest BCUT2D eigenvalue weighted by atomic mass is 9.76. The van der Waals surface area contributed by atoms with Crippen molar-refractivity contribution < 1.29 is 14.0 Å². The summed E-state index contributed by atoms with van der Waals surface area (Å²) in [6, 6.07) is 20.8. The normalized spacial score (nSPS) is 24.7. The Morgan fingerprint density at radius 1 is 0.917 bits per heavy atom. The van der Waals surface area contributed by atoms with E-state index in [-0.39, 0.29) is 6.04 Å². The maximum Gasteiger partial charge on any atom is 0.462 e. The van der Waals surface area contributed by atoms with Crippen LogP contribution >= 0.6 is 0 Å². The minimum Gasteiger partial charge on any atom is -0.528 e. The molecule has 0 amide bonds. The molecule has 1 N–H and O–H groups in total. The van der Waals surface area contributed by atoms with E-state index in [0.29, 0.717) is 19.1 Å². The third-order valence-corrected chi connectivity index (χ3v) is 4.99. The first-order valence-corrected chi connectivity index (χ1v) is 8.66. The first-order chi connectivity index (χ1) is 11.7. The van der Waals surface area contributed by atoms with Gasteiger partial charge in [-0.15, -0.1) is 0 Å². The van der Waals surface area contributed by atoms with Gasteiger partial charge in [0.15, 0.2) is 0 Å².